The van der Waals surface area contributed by atoms with Crippen LogP contribution in [0.1, 0.15) is 60.0 Å². The molecule has 0 unspecified atom stereocenters. The fourth-order valence-corrected chi connectivity index (χ4v) is 4.26. The average molecular weight is 475 g/mol. The van der Waals surface area contributed by atoms with Crippen LogP contribution in [-0.2, 0) is 12.6 Å². The zero-order valence-corrected chi connectivity index (χ0v) is 18.9. The summed E-state index contributed by atoms with van der Waals surface area (Å²) in [6.45, 7) is 4.85. The first-order valence-corrected chi connectivity index (χ1v) is 11.3. The van der Waals surface area contributed by atoms with E-state index in [4.69, 9.17) is 0 Å². The van der Waals surface area contributed by atoms with Crippen LogP contribution in [0.4, 0.5) is 17.6 Å². The molecule has 4 rings (SSSR count). The second-order valence-corrected chi connectivity index (χ2v) is 9.05. The molecule has 3 aromatic rings. The van der Waals surface area contributed by atoms with Gasteiger partial charge < -0.3 is 10.6 Å². The molecule has 0 bridgehead atoms. The number of carbonyl (C=O) groups is 1. The van der Waals surface area contributed by atoms with Gasteiger partial charge in [0.2, 0.25) is 0 Å². The number of rotatable bonds is 6. The molecule has 34 heavy (non-hydrogen) atoms. The van der Waals surface area contributed by atoms with Crippen molar-refractivity contribution in [2.45, 2.75) is 51.4 Å². The van der Waals surface area contributed by atoms with Crippen molar-refractivity contribution in [3.8, 4) is 0 Å². The largest absolute Gasteiger partial charge is 0.419 e. The molecule has 1 amide bonds. The number of hydrogen-bond donors (Lipinski definition) is 2. The van der Waals surface area contributed by atoms with Crippen molar-refractivity contribution < 1.29 is 22.4 Å². The predicted molar refractivity (Wildman–Crippen MR) is 121 cm³/mol. The molecule has 5 nitrogen and oxygen atoms in total. The molecule has 0 saturated carbocycles. The quantitative estimate of drug-likeness (QED) is 0.482. The monoisotopic (exact) mass is 474 g/mol. The van der Waals surface area contributed by atoms with Gasteiger partial charge in [0.1, 0.15) is 11.6 Å². The van der Waals surface area contributed by atoms with E-state index >= 15 is 0 Å². The minimum Gasteiger partial charge on any atom is -0.344 e. The molecular weight excluding hydrogens is 448 g/mol. The highest BCUT2D eigenvalue weighted by molar-refractivity contribution is 5.97. The van der Waals surface area contributed by atoms with Crippen molar-refractivity contribution in [3.05, 3.63) is 70.9 Å². The van der Waals surface area contributed by atoms with Crippen molar-refractivity contribution in [1.82, 2.24) is 20.6 Å². The molecule has 2 aromatic carbocycles. The van der Waals surface area contributed by atoms with Gasteiger partial charge >= 0.3 is 6.18 Å². The van der Waals surface area contributed by atoms with E-state index in [0.29, 0.717) is 42.2 Å². The summed E-state index contributed by atoms with van der Waals surface area (Å²) in [5.41, 5.74) is -0.0563. The summed E-state index contributed by atoms with van der Waals surface area (Å²) in [6.07, 6.45) is -0.795. The minimum absolute atomic E-state index is 0.222. The van der Waals surface area contributed by atoms with Gasteiger partial charge in [0.05, 0.1) is 17.1 Å². The lowest BCUT2D eigenvalue weighted by Gasteiger charge is -2.26. The Labute approximate surface area is 195 Å². The second kappa shape index (κ2) is 9.66. The summed E-state index contributed by atoms with van der Waals surface area (Å²) < 4.78 is 53.3. The predicted octanol–water partition coefficient (Wildman–Crippen LogP) is 5.21. The van der Waals surface area contributed by atoms with E-state index in [0.717, 1.165) is 23.9 Å². The summed E-state index contributed by atoms with van der Waals surface area (Å²) in [6, 6.07) is 6.97. The molecule has 9 heteroatoms. The van der Waals surface area contributed by atoms with Crippen LogP contribution in [0.5, 0.6) is 0 Å². The van der Waals surface area contributed by atoms with Crippen LogP contribution in [0.3, 0.4) is 0 Å². The molecular formula is C25H26F4N4O. The van der Waals surface area contributed by atoms with Gasteiger partial charge in [-0.05, 0) is 55.1 Å². The molecule has 2 N–H and O–H groups in total. The third kappa shape index (κ3) is 5.35. The van der Waals surface area contributed by atoms with Crippen molar-refractivity contribution in [2.75, 3.05) is 6.54 Å². The van der Waals surface area contributed by atoms with Crippen LogP contribution in [0, 0.1) is 11.7 Å². The Morgan fingerprint density at radius 1 is 1.21 bits per heavy atom. The molecule has 1 aliphatic heterocycles. The molecule has 0 aliphatic carbocycles. The number of halogens is 4. The Bertz CT molecular complexity index is 1190. The maximum atomic E-state index is 14.3. The van der Waals surface area contributed by atoms with Crippen LogP contribution >= 0.6 is 0 Å². The Kier molecular flexibility index (Phi) is 6.84. The first-order valence-electron chi connectivity index (χ1n) is 11.3. The normalized spacial score (nSPS) is 17.3. The number of fused-ring (bicyclic) bond motifs is 1. The van der Waals surface area contributed by atoms with Gasteiger partial charge in [-0.1, -0.05) is 26.0 Å². The van der Waals surface area contributed by atoms with Gasteiger partial charge in [0, 0.05) is 29.6 Å². The molecule has 1 fully saturated rings. The summed E-state index contributed by atoms with van der Waals surface area (Å²) in [7, 11) is 0. The fraction of sp³-hybridized carbons (Fsp3) is 0.400. The van der Waals surface area contributed by atoms with Crippen molar-refractivity contribution in [1.29, 1.82) is 0 Å². The van der Waals surface area contributed by atoms with E-state index < -0.39 is 29.5 Å². The van der Waals surface area contributed by atoms with Gasteiger partial charge in [-0.2, -0.15) is 13.2 Å². The number of carbonyl (C=O) groups excluding carboxylic acids is 1. The minimum atomic E-state index is -4.78. The zero-order chi connectivity index (χ0) is 24.5. The van der Waals surface area contributed by atoms with E-state index in [2.05, 4.69) is 34.4 Å². The van der Waals surface area contributed by atoms with Gasteiger partial charge in [0.25, 0.3) is 5.91 Å². The summed E-state index contributed by atoms with van der Waals surface area (Å²) >= 11 is 0. The molecule has 180 valence electrons. The maximum Gasteiger partial charge on any atom is 0.419 e. The standard InChI is InChI=1S/C25H26F4N4O/c1-14(2)10-22-31-13-17-6-5-16(12-21(17)32-22)24(34)33-23(20-4-3-9-30-20)15-7-8-18(19(26)11-15)25(27,28)29/h5-8,11-14,20,23,30H,3-4,9-10H2,1-2H3,(H,33,34)/t20-,23+/m1/s1. The SMILES string of the molecule is CC(C)Cc1ncc2ccc(C(=O)N[C@@H](c3ccc(C(F)(F)F)c(F)c3)[C@H]3CCCN3)cc2n1. The topological polar surface area (TPSA) is 66.9 Å². The molecule has 2 heterocycles. The lowest BCUT2D eigenvalue weighted by Crippen LogP contribution is -2.41. The number of alkyl halides is 3. The zero-order valence-electron chi connectivity index (χ0n) is 18.9. The molecule has 1 saturated heterocycles. The number of nitrogens with one attached hydrogen (secondary N) is 2. The highest BCUT2D eigenvalue weighted by atomic mass is 19.4. The average Bonchev–Trinajstić information content (AvgIpc) is 3.30. The first-order chi connectivity index (χ1) is 16.1. The highest BCUT2D eigenvalue weighted by Gasteiger charge is 2.35. The summed E-state index contributed by atoms with van der Waals surface area (Å²) in [5.74, 6) is -0.701. The lowest BCUT2D eigenvalue weighted by molar-refractivity contribution is -0.140. The second-order valence-electron chi connectivity index (χ2n) is 9.05. The van der Waals surface area contributed by atoms with E-state index in [9.17, 15) is 22.4 Å². The first kappa shape index (κ1) is 24.1. The number of amides is 1. The smallest absolute Gasteiger partial charge is 0.344 e. The fourth-order valence-electron chi connectivity index (χ4n) is 4.26. The molecule has 1 aliphatic rings. The van der Waals surface area contributed by atoms with Gasteiger partial charge in [-0.3, -0.25) is 4.79 Å². The van der Waals surface area contributed by atoms with E-state index in [1.807, 2.05) is 0 Å². The number of benzene rings is 2. The molecule has 0 radical (unpaired) electrons. The van der Waals surface area contributed by atoms with Crippen LogP contribution in [0.25, 0.3) is 10.9 Å². The Morgan fingerprint density at radius 2 is 2.00 bits per heavy atom. The van der Waals surface area contributed by atoms with E-state index in [1.165, 1.54) is 6.07 Å². The Morgan fingerprint density at radius 3 is 2.65 bits per heavy atom. The molecule has 0 spiro atoms. The van der Waals surface area contributed by atoms with Crippen molar-refractivity contribution in [3.63, 3.8) is 0 Å². The third-order valence-electron chi connectivity index (χ3n) is 5.93. The lowest BCUT2D eigenvalue weighted by atomic mass is 9.96. The van der Waals surface area contributed by atoms with Crippen LogP contribution in [-0.4, -0.2) is 28.5 Å². The number of hydrogen-bond acceptors (Lipinski definition) is 4. The van der Waals surface area contributed by atoms with Crippen LogP contribution < -0.4 is 10.6 Å². The van der Waals surface area contributed by atoms with Crippen LogP contribution in [0.2, 0.25) is 0 Å². The highest BCUT2D eigenvalue weighted by Crippen LogP contribution is 2.33. The number of nitrogens with zero attached hydrogens (tertiary/aromatic N) is 2. The van der Waals surface area contributed by atoms with Gasteiger partial charge in [0.15, 0.2) is 0 Å². The van der Waals surface area contributed by atoms with Crippen LogP contribution in [0.15, 0.2) is 42.6 Å². The third-order valence-corrected chi connectivity index (χ3v) is 5.93. The van der Waals surface area contributed by atoms with Gasteiger partial charge in [-0.25, -0.2) is 14.4 Å². The Hall–Kier alpha value is -3.07. The van der Waals surface area contributed by atoms with E-state index in [1.54, 1.807) is 24.4 Å². The molecule has 1 aromatic heterocycles. The Balaban J connectivity index is 1.62. The molecule has 2 atom stereocenters. The summed E-state index contributed by atoms with van der Waals surface area (Å²) in [5, 5.41) is 6.94. The van der Waals surface area contributed by atoms with Crippen molar-refractivity contribution in [2.24, 2.45) is 5.92 Å². The summed E-state index contributed by atoms with van der Waals surface area (Å²) in [4.78, 5) is 22.1. The number of aromatic nitrogens is 2. The van der Waals surface area contributed by atoms with Gasteiger partial charge in [-0.15, -0.1) is 0 Å². The van der Waals surface area contributed by atoms with Crippen molar-refractivity contribution >= 4 is 16.8 Å². The van der Waals surface area contributed by atoms with E-state index in [-0.39, 0.29) is 11.6 Å². The maximum absolute atomic E-state index is 14.3.